The third-order valence-corrected chi connectivity index (χ3v) is 3.76. The topological polar surface area (TPSA) is 23.6 Å². The molecule has 1 amide bonds. The molecule has 1 aromatic carbocycles. The molecule has 0 spiro atoms. The molecule has 2 aliphatic rings. The minimum Gasteiger partial charge on any atom is -0.311 e. The quantitative estimate of drug-likeness (QED) is 0.794. The van der Waals surface area contributed by atoms with Gasteiger partial charge in [0.05, 0.1) is 6.54 Å². The summed E-state index contributed by atoms with van der Waals surface area (Å²) in [5.74, 6) is 0.0917. The maximum atomic E-state index is 13.1. The van der Waals surface area contributed by atoms with E-state index < -0.39 is 6.17 Å². The second-order valence-corrected chi connectivity index (χ2v) is 5.05. The van der Waals surface area contributed by atoms with Crippen LogP contribution < -0.4 is 4.90 Å². The minimum absolute atomic E-state index is 0.0917. The Hall–Kier alpha value is -1.42. The van der Waals surface area contributed by atoms with E-state index in [0.29, 0.717) is 26.1 Å². The van der Waals surface area contributed by atoms with E-state index in [1.54, 1.807) is 0 Å². The van der Waals surface area contributed by atoms with Crippen LogP contribution in [-0.2, 0) is 11.2 Å². The van der Waals surface area contributed by atoms with E-state index in [4.69, 9.17) is 0 Å². The Morgan fingerprint density at radius 3 is 2.94 bits per heavy atom. The van der Waals surface area contributed by atoms with Crippen LogP contribution in [0.15, 0.2) is 24.3 Å². The smallest absolute Gasteiger partial charge is 0.241 e. The molecule has 2 aliphatic heterocycles. The molecule has 1 unspecified atom stereocenters. The molecule has 1 atom stereocenters. The summed E-state index contributed by atoms with van der Waals surface area (Å²) >= 11 is 0. The molecule has 0 saturated carbocycles. The van der Waals surface area contributed by atoms with Gasteiger partial charge in [-0.2, -0.15) is 0 Å². The molecule has 18 heavy (non-hydrogen) atoms. The standard InChI is InChI=1S/C14H17FN2O/c15-12-6-7-16(9-12)10-14(18)17-8-5-11-3-1-2-4-13(11)17/h1-4,12H,5-10H2. The van der Waals surface area contributed by atoms with Gasteiger partial charge in [-0.25, -0.2) is 4.39 Å². The van der Waals surface area contributed by atoms with Crippen molar-refractivity contribution in [3.05, 3.63) is 29.8 Å². The molecule has 0 N–H and O–H groups in total. The number of benzene rings is 1. The van der Waals surface area contributed by atoms with Crippen LogP contribution in [0.3, 0.4) is 0 Å². The summed E-state index contributed by atoms with van der Waals surface area (Å²) in [6.07, 6.45) is 0.723. The second kappa shape index (κ2) is 4.69. The molecule has 0 aliphatic carbocycles. The Morgan fingerprint density at radius 2 is 2.17 bits per heavy atom. The van der Waals surface area contributed by atoms with E-state index in [1.165, 1.54) is 5.56 Å². The highest BCUT2D eigenvalue weighted by molar-refractivity contribution is 5.96. The summed E-state index contributed by atoms with van der Waals surface area (Å²) in [5.41, 5.74) is 2.26. The van der Waals surface area contributed by atoms with Gasteiger partial charge in [-0.05, 0) is 24.5 Å². The van der Waals surface area contributed by atoms with Crippen molar-refractivity contribution in [1.29, 1.82) is 0 Å². The van der Waals surface area contributed by atoms with Crippen LogP contribution in [0.1, 0.15) is 12.0 Å². The third-order valence-electron chi connectivity index (χ3n) is 3.76. The van der Waals surface area contributed by atoms with Crippen molar-refractivity contribution >= 4 is 11.6 Å². The molecule has 0 bridgehead atoms. The molecule has 0 radical (unpaired) electrons. The molecule has 3 rings (SSSR count). The minimum atomic E-state index is -0.760. The molecule has 3 nitrogen and oxygen atoms in total. The molecule has 1 fully saturated rings. The largest absolute Gasteiger partial charge is 0.311 e. The molecule has 96 valence electrons. The molecular weight excluding hydrogens is 231 g/mol. The second-order valence-electron chi connectivity index (χ2n) is 5.05. The van der Waals surface area contributed by atoms with Gasteiger partial charge < -0.3 is 4.90 Å². The van der Waals surface area contributed by atoms with Gasteiger partial charge in [0.15, 0.2) is 0 Å². The van der Waals surface area contributed by atoms with Crippen molar-refractivity contribution in [1.82, 2.24) is 4.90 Å². The molecule has 0 aromatic heterocycles. The predicted octanol–water partition coefficient (Wildman–Crippen LogP) is 1.62. The number of hydrogen-bond donors (Lipinski definition) is 0. The zero-order valence-electron chi connectivity index (χ0n) is 10.3. The monoisotopic (exact) mass is 248 g/mol. The number of carbonyl (C=O) groups excluding carboxylic acids is 1. The molecule has 4 heteroatoms. The summed E-state index contributed by atoms with van der Waals surface area (Å²) in [4.78, 5) is 16.0. The van der Waals surface area contributed by atoms with Crippen molar-refractivity contribution < 1.29 is 9.18 Å². The molecule has 2 heterocycles. The number of anilines is 1. The van der Waals surface area contributed by atoms with Gasteiger partial charge in [0.1, 0.15) is 6.17 Å². The van der Waals surface area contributed by atoms with Gasteiger partial charge >= 0.3 is 0 Å². The Balaban J connectivity index is 1.67. The lowest BCUT2D eigenvalue weighted by atomic mass is 10.2. The average molecular weight is 248 g/mol. The number of para-hydroxylation sites is 1. The van der Waals surface area contributed by atoms with Crippen molar-refractivity contribution in [3.8, 4) is 0 Å². The van der Waals surface area contributed by atoms with Gasteiger partial charge in [-0.1, -0.05) is 18.2 Å². The Kier molecular flexibility index (Phi) is 3.04. The predicted molar refractivity (Wildman–Crippen MR) is 68.5 cm³/mol. The van der Waals surface area contributed by atoms with Crippen LogP contribution in [0.4, 0.5) is 10.1 Å². The molecule has 1 aromatic rings. The third kappa shape index (κ3) is 2.12. The number of alkyl halides is 1. The fourth-order valence-corrected chi connectivity index (χ4v) is 2.80. The maximum absolute atomic E-state index is 13.1. The van der Waals surface area contributed by atoms with Crippen molar-refractivity contribution in [2.24, 2.45) is 0 Å². The summed E-state index contributed by atoms with van der Waals surface area (Å²) in [5, 5.41) is 0. The fraction of sp³-hybridized carbons (Fsp3) is 0.500. The number of likely N-dealkylation sites (tertiary alicyclic amines) is 1. The number of halogens is 1. The van der Waals surface area contributed by atoms with Gasteiger partial charge in [-0.3, -0.25) is 9.69 Å². The van der Waals surface area contributed by atoms with E-state index >= 15 is 0 Å². The van der Waals surface area contributed by atoms with E-state index in [9.17, 15) is 9.18 Å². The number of nitrogens with zero attached hydrogens (tertiary/aromatic N) is 2. The lowest BCUT2D eigenvalue weighted by Gasteiger charge is -2.21. The number of fused-ring (bicyclic) bond motifs is 1. The van der Waals surface area contributed by atoms with Crippen molar-refractivity contribution in [2.45, 2.75) is 19.0 Å². The molecule has 1 saturated heterocycles. The lowest BCUT2D eigenvalue weighted by molar-refractivity contribution is -0.119. The highest BCUT2D eigenvalue weighted by Gasteiger charge is 2.28. The summed E-state index contributed by atoms with van der Waals surface area (Å²) in [6.45, 7) is 2.20. The van der Waals surface area contributed by atoms with Crippen LogP contribution in [0.25, 0.3) is 0 Å². The first-order chi connectivity index (χ1) is 8.74. The zero-order chi connectivity index (χ0) is 12.5. The van der Waals surface area contributed by atoms with Crippen LogP contribution in [-0.4, -0.2) is 43.2 Å². The highest BCUT2D eigenvalue weighted by Crippen LogP contribution is 2.27. The highest BCUT2D eigenvalue weighted by atomic mass is 19.1. The van der Waals surface area contributed by atoms with Crippen LogP contribution in [0.5, 0.6) is 0 Å². The summed E-state index contributed by atoms with van der Waals surface area (Å²) in [6, 6.07) is 8.01. The first-order valence-corrected chi connectivity index (χ1v) is 6.49. The first-order valence-electron chi connectivity index (χ1n) is 6.49. The Labute approximate surface area is 106 Å². The van der Waals surface area contributed by atoms with E-state index in [-0.39, 0.29) is 5.91 Å². The Bertz CT molecular complexity index is 463. The van der Waals surface area contributed by atoms with Gasteiger partial charge in [0.25, 0.3) is 0 Å². The van der Waals surface area contributed by atoms with Gasteiger partial charge in [-0.15, -0.1) is 0 Å². The number of rotatable bonds is 2. The zero-order valence-corrected chi connectivity index (χ0v) is 10.3. The summed E-state index contributed by atoms with van der Waals surface area (Å²) < 4.78 is 13.1. The normalized spacial score (nSPS) is 23.4. The average Bonchev–Trinajstić information content (AvgIpc) is 2.95. The van der Waals surface area contributed by atoms with Gasteiger partial charge in [0.2, 0.25) is 5.91 Å². The number of carbonyl (C=O) groups is 1. The fourth-order valence-electron chi connectivity index (χ4n) is 2.80. The lowest BCUT2D eigenvalue weighted by Crippen LogP contribution is -2.38. The van der Waals surface area contributed by atoms with E-state index in [0.717, 1.165) is 18.7 Å². The van der Waals surface area contributed by atoms with Crippen LogP contribution in [0, 0.1) is 0 Å². The van der Waals surface area contributed by atoms with E-state index in [2.05, 4.69) is 6.07 Å². The maximum Gasteiger partial charge on any atom is 0.241 e. The SMILES string of the molecule is O=C(CN1CCC(F)C1)N1CCc2ccccc21. The van der Waals surface area contributed by atoms with Crippen LogP contribution in [0.2, 0.25) is 0 Å². The van der Waals surface area contributed by atoms with Crippen LogP contribution >= 0.6 is 0 Å². The van der Waals surface area contributed by atoms with Crippen molar-refractivity contribution in [3.63, 3.8) is 0 Å². The summed E-state index contributed by atoms with van der Waals surface area (Å²) in [7, 11) is 0. The Morgan fingerprint density at radius 1 is 1.33 bits per heavy atom. The van der Waals surface area contributed by atoms with Crippen molar-refractivity contribution in [2.75, 3.05) is 31.1 Å². The van der Waals surface area contributed by atoms with E-state index in [1.807, 2.05) is 28.0 Å². The first kappa shape index (κ1) is 11.7. The number of amides is 1. The molecular formula is C14H17FN2O. The van der Waals surface area contributed by atoms with Gasteiger partial charge in [0, 0.05) is 25.3 Å². The number of hydrogen-bond acceptors (Lipinski definition) is 2.